The van der Waals surface area contributed by atoms with Crippen molar-refractivity contribution in [3.63, 3.8) is 0 Å². The number of carbonyl (C=O) groups is 2. The van der Waals surface area contributed by atoms with Gasteiger partial charge in [0.05, 0.1) is 12.7 Å². The van der Waals surface area contributed by atoms with Crippen molar-refractivity contribution < 1.29 is 14.3 Å². The number of nitrogens with one attached hydrogen (secondary N) is 1. The molecule has 0 bridgehead atoms. The van der Waals surface area contributed by atoms with Crippen molar-refractivity contribution in [2.45, 2.75) is 12.5 Å². The van der Waals surface area contributed by atoms with Gasteiger partial charge in [0.1, 0.15) is 11.9 Å². The maximum Gasteiger partial charge on any atom is 0.329 e. The number of hydrogen-bond acceptors (Lipinski definition) is 4. The van der Waals surface area contributed by atoms with Crippen LogP contribution >= 0.6 is 0 Å². The maximum absolute atomic E-state index is 12.6. The van der Waals surface area contributed by atoms with Gasteiger partial charge in [-0.3, -0.25) is 15.1 Å². The SMILES string of the molecule is COC(=O)[C@H](Cc1ccccc1)N1C(=N)c2ccccc2C1=O. The number of carbonyl (C=O) groups excluding carboxylic acids is 2. The maximum atomic E-state index is 12.6. The van der Waals surface area contributed by atoms with Gasteiger partial charge in [-0.2, -0.15) is 0 Å². The Labute approximate surface area is 134 Å². The summed E-state index contributed by atoms with van der Waals surface area (Å²) >= 11 is 0. The largest absolute Gasteiger partial charge is 0.467 e. The van der Waals surface area contributed by atoms with Crippen LogP contribution in [0.4, 0.5) is 0 Å². The number of esters is 1. The van der Waals surface area contributed by atoms with E-state index in [-0.39, 0.29) is 11.7 Å². The van der Waals surface area contributed by atoms with Crippen LogP contribution in [0.3, 0.4) is 0 Å². The van der Waals surface area contributed by atoms with Crippen LogP contribution in [0.2, 0.25) is 0 Å². The normalized spacial score (nSPS) is 14.6. The van der Waals surface area contributed by atoms with E-state index in [9.17, 15) is 9.59 Å². The number of nitrogens with zero attached hydrogens (tertiary/aromatic N) is 1. The molecule has 0 aliphatic carbocycles. The Hall–Kier alpha value is -2.95. The smallest absolute Gasteiger partial charge is 0.329 e. The highest BCUT2D eigenvalue weighted by Gasteiger charge is 2.40. The first-order chi connectivity index (χ1) is 11.1. The average molecular weight is 308 g/mol. The molecule has 1 heterocycles. The first-order valence-electron chi connectivity index (χ1n) is 7.26. The Morgan fingerprint density at radius 2 is 1.70 bits per heavy atom. The van der Waals surface area contributed by atoms with E-state index in [1.807, 2.05) is 30.3 Å². The summed E-state index contributed by atoms with van der Waals surface area (Å²) in [5.41, 5.74) is 1.89. The van der Waals surface area contributed by atoms with Crippen molar-refractivity contribution in [1.29, 1.82) is 5.41 Å². The van der Waals surface area contributed by atoms with E-state index < -0.39 is 12.0 Å². The molecule has 0 saturated heterocycles. The molecule has 0 saturated carbocycles. The van der Waals surface area contributed by atoms with E-state index in [0.29, 0.717) is 17.5 Å². The van der Waals surface area contributed by atoms with Gasteiger partial charge >= 0.3 is 5.97 Å². The van der Waals surface area contributed by atoms with Crippen molar-refractivity contribution in [2.24, 2.45) is 0 Å². The highest BCUT2D eigenvalue weighted by molar-refractivity contribution is 6.23. The molecule has 116 valence electrons. The van der Waals surface area contributed by atoms with Crippen molar-refractivity contribution in [3.05, 3.63) is 71.3 Å². The van der Waals surface area contributed by atoms with Crippen molar-refractivity contribution >= 4 is 17.7 Å². The van der Waals surface area contributed by atoms with E-state index in [2.05, 4.69) is 0 Å². The van der Waals surface area contributed by atoms with Crippen molar-refractivity contribution in [2.75, 3.05) is 7.11 Å². The summed E-state index contributed by atoms with van der Waals surface area (Å²) in [6.07, 6.45) is 0.301. The topological polar surface area (TPSA) is 70.5 Å². The van der Waals surface area contributed by atoms with Gasteiger partial charge in [0, 0.05) is 12.0 Å². The van der Waals surface area contributed by atoms with Gasteiger partial charge in [-0.15, -0.1) is 0 Å². The number of ether oxygens (including phenoxy) is 1. The highest BCUT2D eigenvalue weighted by atomic mass is 16.5. The van der Waals surface area contributed by atoms with Crippen LogP contribution in [-0.2, 0) is 16.0 Å². The molecule has 0 unspecified atom stereocenters. The molecule has 3 rings (SSSR count). The lowest BCUT2D eigenvalue weighted by Gasteiger charge is -2.25. The summed E-state index contributed by atoms with van der Waals surface area (Å²) in [5.74, 6) is -0.825. The minimum absolute atomic E-state index is 0.0388. The van der Waals surface area contributed by atoms with Crippen LogP contribution in [0.5, 0.6) is 0 Å². The zero-order chi connectivity index (χ0) is 16.4. The lowest BCUT2D eigenvalue weighted by atomic mass is 10.0. The molecule has 2 aromatic carbocycles. The minimum atomic E-state index is -0.852. The predicted molar refractivity (Wildman–Crippen MR) is 85.4 cm³/mol. The molecule has 0 fully saturated rings. The van der Waals surface area contributed by atoms with E-state index in [1.54, 1.807) is 24.3 Å². The second kappa shape index (κ2) is 6.04. The monoisotopic (exact) mass is 308 g/mol. The quantitative estimate of drug-likeness (QED) is 0.881. The van der Waals surface area contributed by atoms with Gasteiger partial charge in [-0.1, -0.05) is 48.5 Å². The number of amides is 1. The third kappa shape index (κ3) is 2.61. The first-order valence-corrected chi connectivity index (χ1v) is 7.26. The standard InChI is InChI=1S/C18H16N2O3/c1-23-18(22)15(11-12-7-3-2-4-8-12)20-16(19)13-9-5-6-10-14(13)17(20)21/h2-10,15,19H,11H2,1H3/t15-/m0/s1. The number of rotatable bonds is 4. The molecule has 2 aromatic rings. The van der Waals surface area contributed by atoms with Crippen LogP contribution in [0.1, 0.15) is 21.5 Å². The molecule has 23 heavy (non-hydrogen) atoms. The number of hydrogen-bond donors (Lipinski definition) is 1. The average Bonchev–Trinajstić information content (AvgIpc) is 2.85. The van der Waals surface area contributed by atoms with E-state index in [0.717, 1.165) is 5.56 Å². The molecule has 1 aliphatic heterocycles. The second-order valence-electron chi connectivity index (χ2n) is 5.30. The number of fused-ring (bicyclic) bond motifs is 1. The molecule has 5 nitrogen and oxygen atoms in total. The Kier molecular flexibility index (Phi) is 3.93. The van der Waals surface area contributed by atoms with Gasteiger partial charge in [0.2, 0.25) is 0 Å². The Morgan fingerprint density at radius 1 is 1.09 bits per heavy atom. The Balaban J connectivity index is 1.97. The molecular weight excluding hydrogens is 292 g/mol. The van der Waals surface area contributed by atoms with Gasteiger partial charge in [0.15, 0.2) is 0 Å². The summed E-state index contributed by atoms with van der Waals surface area (Å²) in [7, 11) is 1.29. The molecule has 0 aromatic heterocycles. The summed E-state index contributed by atoms with van der Waals surface area (Å²) in [4.78, 5) is 26.1. The molecule has 1 atom stereocenters. The fourth-order valence-corrected chi connectivity index (χ4v) is 2.79. The van der Waals surface area contributed by atoms with Crippen molar-refractivity contribution in [3.8, 4) is 0 Å². The second-order valence-corrected chi connectivity index (χ2v) is 5.30. The van der Waals surface area contributed by atoms with Crippen LogP contribution in [-0.4, -0.2) is 35.8 Å². The highest BCUT2D eigenvalue weighted by Crippen LogP contribution is 2.26. The summed E-state index contributed by atoms with van der Waals surface area (Å²) in [5, 5.41) is 8.28. The van der Waals surface area contributed by atoms with Crippen LogP contribution < -0.4 is 0 Å². The molecular formula is C18H16N2O3. The van der Waals surface area contributed by atoms with Gasteiger partial charge in [-0.25, -0.2) is 4.79 Å². The molecule has 1 amide bonds. The van der Waals surface area contributed by atoms with Crippen molar-refractivity contribution in [1.82, 2.24) is 4.90 Å². The third-order valence-corrected chi connectivity index (χ3v) is 3.93. The van der Waals surface area contributed by atoms with E-state index in [1.165, 1.54) is 12.0 Å². The first kappa shape index (κ1) is 15.0. The van der Waals surface area contributed by atoms with Crippen LogP contribution in [0, 0.1) is 5.41 Å². The molecule has 5 heteroatoms. The number of amidine groups is 1. The van der Waals surface area contributed by atoms with E-state index >= 15 is 0 Å². The molecule has 0 radical (unpaired) electrons. The van der Waals surface area contributed by atoms with Gasteiger partial charge in [0.25, 0.3) is 5.91 Å². The summed E-state index contributed by atoms with van der Waals surface area (Å²) in [6.45, 7) is 0. The number of benzene rings is 2. The minimum Gasteiger partial charge on any atom is -0.467 e. The predicted octanol–water partition coefficient (Wildman–Crippen LogP) is 2.25. The zero-order valence-electron chi connectivity index (χ0n) is 12.7. The fourth-order valence-electron chi connectivity index (χ4n) is 2.79. The van der Waals surface area contributed by atoms with Gasteiger partial charge in [-0.05, 0) is 11.6 Å². The summed E-state index contributed by atoms with van der Waals surface area (Å²) in [6, 6.07) is 15.4. The molecule has 1 aliphatic rings. The number of methoxy groups -OCH3 is 1. The molecule has 1 N–H and O–H groups in total. The Morgan fingerprint density at radius 3 is 2.30 bits per heavy atom. The molecule has 0 spiro atoms. The van der Waals surface area contributed by atoms with E-state index in [4.69, 9.17) is 10.1 Å². The fraction of sp³-hybridized carbons (Fsp3) is 0.167. The van der Waals surface area contributed by atoms with Gasteiger partial charge < -0.3 is 4.74 Å². The summed E-state index contributed by atoms with van der Waals surface area (Å²) < 4.78 is 4.86. The zero-order valence-corrected chi connectivity index (χ0v) is 12.7. The Bertz CT molecular complexity index is 736. The lowest BCUT2D eigenvalue weighted by molar-refractivity contribution is -0.144. The van der Waals surface area contributed by atoms with Crippen LogP contribution in [0.25, 0.3) is 0 Å². The van der Waals surface area contributed by atoms with Crippen LogP contribution in [0.15, 0.2) is 54.6 Å². The third-order valence-electron chi connectivity index (χ3n) is 3.93. The lowest BCUT2D eigenvalue weighted by Crippen LogP contribution is -2.46.